The Morgan fingerprint density at radius 1 is 1.18 bits per heavy atom. The molecule has 0 aromatic heterocycles. The smallest absolute Gasteiger partial charge is 0.173 e. The molecule has 1 aromatic rings. The Hall–Kier alpha value is -1.09. The fraction of sp³-hybridized carbons (Fsp3) is 0.500. The molecule has 3 heteroatoms. The molecule has 1 aliphatic heterocycles. The van der Waals surface area contributed by atoms with Crippen LogP contribution in [0.3, 0.4) is 0 Å². The van der Waals surface area contributed by atoms with Crippen molar-refractivity contribution < 1.29 is 0 Å². The first-order valence-corrected chi connectivity index (χ1v) is 6.59. The van der Waals surface area contributed by atoms with Gasteiger partial charge in [-0.25, -0.2) is 0 Å². The summed E-state index contributed by atoms with van der Waals surface area (Å²) in [7, 11) is 0. The highest BCUT2D eigenvalue weighted by Gasteiger charge is 2.26. The molecule has 2 rings (SSSR count). The van der Waals surface area contributed by atoms with Crippen molar-refractivity contribution >= 4 is 23.0 Å². The number of hydrogen-bond acceptors (Lipinski definition) is 1. The normalized spacial score (nSPS) is 18.8. The zero-order valence-electron chi connectivity index (χ0n) is 10.6. The second kappa shape index (κ2) is 5.05. The Balaban J connectivity index is 1.90. The van der Waals surface area contributed by atoms with Crippen LogP contribution in [-0.2, 0) is 0 Å². The van der Waals surface area contributed by atoms with Crippen molar-refractivity contribution in [1.82, 2.24) is 4.90 Å². The van der Waals surface area contributed by atoms with Crippen LogP contribution in [0.5, 0.6) is 0 Å². The van der Waals surface area contributed by atoms with Crippen LogP contribution in [0.2, 0.25) is 0 Å². The van der Waals surface area contributed by atoms with E-state index in [9.17, 15) is 0 Å². The highest BCUT2D eigenvalue weighted by molar-refractivity contribution is 7.80. The van der Waals surface area contributed by atoms with E-state index in [1.165, 1.54) is 12.8 Å². The number of likely N-dealkylation sites (tertiary alicyclic amines) is 1. The summed E-state index contributed by atoms with van der Waals surface area (Å²) >= 11 is 5.45. The van der Waals surface area contributed by atoms with Crippen LogP contribution in [0.4, 0.5) is 5.69 Å². The van der Waals surface area contributed by atoms with Gasteiger partial charge >= 0.3 is 0 Å². The minimum absolute atomic E-state index is 0.471. The van der Waals surface area contributed by atoms with E-state index in [2.05, 4.69) is 24.1 Å². The summed E-state index contributed by atoms with van der Waals surface area (Å²) in [6.07, 6.45) is 2.42. The average Bonchev–Trinajstić information content (AvgIpc) is 2.30. The van der Waals surface area contributed by atoms with Crippen LogP contribution in [-0.4, -0.2) is 23.1 Å². The van der Waals surface area contributed by atoms with Gasteiger partial charge in [-0.2, -0.15) is 0 Å². The van der Waals surface area contributed by atoms with Gasteiger partial charge in [-0.15, -0.1) is 0 Å². The van der Waals surface area contributed by atoms with Gasteiger partial charge in [0.2, 0.25) is 0 Å². The molecule has 0 amide bonds. The predicted octanol–water partition coefficient (Wildman–Crippen LogP) is 3.51. The van der Waals surface area contributed by atoms with Crippen molar-refractivity contribution in [2.45, 2.75) is 26.7 Å². The number of anilines is 1. The zero-order valence-corrected chi connectivity index (χ0v) is 11.4. The fourth-order valence-corrected chi connectivity index (χ4v) is 2.34. The number of nitrogens with one attached hydrogen (secondary N) is 1. The number of rotatable bonds is 1. The van der Waals surface area contributed by atoms with Crippen molar-refractivity contribution in [2.75, 3.05) is 18.4 Å². The van der Waals surface area contributed by atoms with Gasteiger partial charge in [-0.1, -0.05) is 32.0 Å². The lowest BCUT2D eigenvalue weighted by atomic mass is 9.83. The standard InChI is InChI=1S/C14H20N2S/c1-14(2)8-10-16(11-9-14)13(17)15-12-6-4-3-5-7-12/h3-7H,8-11H2,1-2H3,(H,15,17). The van der Waals surface area contributed by atoms with E-state index < -0.39 is 0 Å². The van der Waals surface area contributed by atoms with E-state index in [0.717, 1.165) is 23.9 Å². The van der Waals surface area contributed by atoms with E-state index in [1.807, 2.05) is 30.3 Å². The minimum Gasteiger partial charge on any atom is -0.349 e. The summed E-state index contributed by atoms with van der Waals surface area (Å²) in [5.41, 5.74) is 1.54. The molecule has 92 valence electrons. The molecule has 2 nitrogen and oxygen atoms in total. The van der Waals surface area contributed by atoms with E-state index in [4.69, 9.17) is 12.2 Å². The Morgan fingerprint density at radius 3 is 2.35 bits per heavy atom. The molecule has 0 bridgehead atoms. The quantitative estimate of drug-likeness (QED) is 0.766. The van der Waals surface area contributed by atoms with Gasteiger partial charge < -0.3 is 10.2 Å². The van der Waals surface area contributed by atoms with Crippen LogP contribution < -0.4 is 5.32 Å². The molecular weight excluding hydrogens is 228 g/mol. The molecule has 0 spiro atoms. The fourth-order valence-electron chi connectivity index (χ4n) is 2.04. The molecule has 1 fully saturated rings. The number of benzene rings is 1. The summed E-state index contributed by atoms with van der Waals surface area (Å²) in [4.78, 5) is 2.27. The molecule has 0 atom stereocenters. The van der Waals surface area contributed by atoms with Crippen LogP contribution in [0.15, 0.2) is 30.3 Å². The molecule has 1 N–H and O–H groups in total. The van der Waals surface area contributed by atoms with Gasteiger partial charge in [-0.05, 0) is 42.6 Å². The molecule has 1 aliphatic rings. The molecule has 1 aromatic carbocycles. The molecule has 0 radical (unpaired) electrons. The van der Waals surface area contributed by atoms with Gasteiger partial charge in [0.1, 0.15) is 0 Å². The molecule has 0 unspecified atom stereocenters. The van der Waals surface area contributed by atoms with Crippen molar-refractivity contribution in [2.24, 2.45) is 5.41 Å². The van der Waals surface area contributed by atoms with Crippen molar-refractivity contribution in [3.05, 3.63) is 30.3 Å². The molecule has 1 saturated heterocycles. The Bertz CT molecular complexity index is 376. The Labute approximate surface area is 109 Å². The van der Waals surface area contributed by atoms with Crippen LogP contribution in [0, 0.1) is 5.41 Å². The van der Waals surface area contributed by atoms with E-state index >= 15 is 0 Å². The van der Waals surface area contributed by atoms with E-state index in [-0.39, 0.29) is 0 Å². The number of hydrogen-bond donors (Lipinski definition) is 1. The van der Waals surface area contributed by atoms with E-state index in [1.54, 1.807) is 0 Å². The van der Waals surface area contributed by atoms with Gasteiger partial charge in [0, 0.05) is 18.8 Å². The van der Waals surface area contributed by atoms with Gasteiger partial charge in [-0.3, -0.25) is 0 Å². The lowest BCUT2D eigenvalue weighted by molar-refractivity contribution is 0.190. The van der Waals surface area contributed by atoms with Crippen molar-refractivity contribution in [3.63, 3.8) is 0 Å². The van der Waals surface area contributed by atoms with Crippen LogP contribution in [0.1, 0.15) is 26.7 Å². The number of thiocarbonyl (C=S) groups is 1. The number of piperidine rings is 1. The summed E-state index contributed by atoms with van der Waals surface area (Å²) in [5, 5.41) is 4.15. The second-order valence-corrected chi connectivity index (χ2v) is 5.83. The van der Waals surface area contributed by atoms with Gasteiger partial charge in [0.05, 0.1) is 0 Å². The number of para-hydroxylation sites is 1. The summed E-state index contributed by atoms with van der Waals surface area (Å²) in [5.74, 6) is 0. The Kier molecular flexibility index (Phi) is 3.67. The molecule has 0 saturated carbocycles. The van der Waals surface area contributed by atoms with Gasteiger partial charge in [0.15, 0.2) is 5.11 Å². The maximum Gasteiger partial charge on any atom is 0.173 e. The third-order valence-electron chi connectivity index (χ3n) is 3.43. The summed E-state index contributed by atoms with van der Waals surface area (Å²) in [6.45, 7) is 6.79. The SMILES string of the molecule is CC1(C)CCN(C(=S)Nc2ccccc2)CC1. The molecule has 17 heavy (non-hydrogen) atoms. The molecule has 1 heterocycles. The maximum absolute atomic E-state index is 5.45. The minimum atomic E-state index is 0.471. The predicted molar refractivity (Wildman–Crippen MR) is 77.3 cm³/mol. The van der Waals surface area contributed by atoms with Gasteiger partial charge in [0.25, 0.3) is 0 Å². The maximum atomic E-state index is 5.45. The average molecular weight is 248 g/mol. The zero-order chi connectivity index (χ0) is 12.3. The van der Waals surface area contributed by atoms with Crippen molar-refractivity contribution in [1.29, 1.82) is 0 Å². The lowest BCUT2D eigenvalue weighted by Crippen LogP contribution is -2.43. The highest BCUT2D eigenvalue weighted by Crippen LogP contribution is 2.29. The third kappa shape index (κ3) is 3.43. The Morgan fingerprint density at radius 2 is 1.76 bits per heavy atom. The van der Waals surface area contributed by atoms with Crippen molar-refractivity contribution in [3.8, 4) is 0 Å². The largest absolute Gasteiger partial charge is 0.349 e. The first-order valence-electron chi connectivity index (χ1n) is 6.18. The summed E-state index contributed by atoms with van der Waals surface area (Å²) in [6, 6.07) is 10.1. The number of nitrogens with zero attached hydrogens (tertiary/aromatic N) is 1. The first kappa shape index (κ1) is 12.4. The molecular formula is C14H20N2S. The topological polar surface area (TPSA) is 15.3 Å². The molecule has 0 aliphatic carbocycles. The third-order valence-corrected chi connectivity index (χ3v) is 3.79. The second-order valence-electron chi connectivity index (χ2n) is 5.45. The first-order chi connectivity index (χ1) is 8.07. The lowest BCUT2D eigenvalue weighted by Gasteiger charge is -2.38. The monoisotopic (exact) mass is 248 g/mol. The van der Waals surface area contributed by atoms with Crippen LogP contribution >= 0.6 is 12.2 Å². The highest BCUT2D eigenvalue weighted by atomic mass is 32.1. The summed E-state index contributed by atoms with van der Waals surface area (Å²) < 4.78 is 0. The van der Waals surface area contributed by atoms with Crippen LogP contribution in [0.25, 0.3) is 0 Å². The van der Waals surface area contributed by atoms with E-state index in [0.29, 0.717) is 5.41 Å².